The lowest BCUT2D eigenvalue weighted by Gasteiger charge is -2.18. The van der Waals surface area contributed by atoms with Crippen molar-refractivity contribution in [3.63, 3.8) is 0 Å². The molecule has 0 aliphatic heterocycles. The minimum atomic E-state index is 0.707. The largest absolute Gasteiger partial charge is 0.492 e. The van der Waals surface area contributed by atoms with Crippen molar-refractivity contribution in [2.24, 2.45) is 0 Å². The van der Waals surface area contributed by atoms with Crippen LogP contribution in [0.2, 0.25) is 0 Å². The van der Waals surface area contributed by atoms with Gasteiger partial charge in [0, 0.05) is 25.0 Å². The molecule has 0 fully saturated rings. The summed E-state index contributed by atoms with van der Waals surface area (Å²) in [5.41, 5.74) is 3.63. The van der Waals surface area contributed by atoms with Gasteiger partial charge in [0.05, 0.1) is 6.54 Å². The number of rotatable bonds is 7. The zero-order valence-electron chi connectivity index (χ0n) is 13.5. The fourth-order valence-corrected chi connectivity index (χ4v) is 2.18. The summed E-state index contributed by atoms with van der Waals surface area (Å²) in [6.07, 6.45) is 1.85. The fourth-order valence-electron chi connectivity index (χ4n) is 2.18. The average molecular weight is 287 g/mol. The molecule has 0 aliphatic rings. The second-order valence-corrected chi connectivity index (χ2v) is 5.62. The number of aromatic nitrogens is 2. The van der Waals surface area contributed by atoms with E-state index in [2.05, 4.69) is 56.0 Å². The molecule has 1 heterocycles. The molecule has 4 heteroatoms. The van der Waals surface area contributed by atoms with Crippen LogP contribution >= 0.6 is 0 Å². The van der Waals surface area contributed by atoms with Gasteiger partial charge in [-0.05, 0) is 51.1 Å². The predicted molar refractivity (Wildman–Crippen MR) is 85.9 cm³/mol. The van der Waals surface area contributed by atoms with Gasteiger partial charge in [0.2, 0.25) is 0 Å². The van der Waals surface area contributed by atoms with Gasteiger partial charge in [-0.3, -0.25) is 4.68 Å². The molecule has 1 aromatic carbocycles. The fraction of sp³-hybridized carbons (Fsp3) is 0.471. The van der Waals surface area contributed by atoms with E-state index in [1.165, 1.54) is 16.8 Å². The Morgan fingerprint density at radius 2 is 1.95 bits per heavy atom. The highest BCUT2D eigenvalue weighted by molar-refractivity contribution is 5.35. The van der Waals surface area contributed by atoms with Gasteiger partial charge in [-0.2, -0.15) is 5.10 Å². The normalized spacial score (nSPS) is 11.1. The summed E-state index contributed by atoms with van der Waals surface area (Å²) in [5, 5.41) is 4.30. The van der Waals surface area contributed by atoms with Crippen LogP contribution in [0.5, 0.6) is 5.75 Å². The van der Waals surface area contributed by atoms with Crippen molar-refractivity contribution in [1.82, 2.24) is 14.7 Å². The summed E-state index contributed by atoms with van der Waals surface area (Å²) < 4.78 is 7.91. The minimum absolute atomic E-state index is 0.707. The third-order valence-electron chi connectivity index (χ3n) is 3.70. The first-order valence-corrected chi connectivity index (χ1v) is 7.43. The van der Waals surface area contributed by atoms with Gasteiger partial charge in [-0.15, -0.1) is 0 Å². The third kappa shape index (κ3) is 4.60. The Labute approximate surface area is 127 Å². The van der Waals surface area contributed by atoms with E-state index < -0.39 is 0 Å². The molecule has 2 aromatic rings. The lowest BCUT2D eigenvalue weighted by Crippen LogP contribution is -2.28. The van der Waals surface area contributed by atoms with Crippen LogP contribution in [0.3, 0.4) is 0 Å². The molecule has 0 radical (unpaired) electrons. The van der Waals surface area contributed by atoms with Crippen molar-refractivity contribution in [2.75, 3.05) is 26.7 Å². The Hall–Kier alpha value is -1.81. The summed E-state index contributed by atoms with van der Waals surface area (Å²) in [6.45, 7) is 9.75. The number of aryl methyl sites for hydroxylation is 3. The number of ether oxygens (including phenoxy) is 1. The molecule has 0 amide bonds. The second kappa shape index (κ2) is 7.27. The molecule has 1 aromatic heterocycles. The lowest BCUT2D eigenvalue weighted by molar-refractivity contribution is 0.229. The molecule has 0 saturated heterocycles. The van der Waals surface area contributed by atoms with E-state index >= 15 is 0 Å². The summed E-state index contributed by atoms with van der Waals surface area (Å²) in [5.74, 6) is 0.992. The molecular weight excluding hydrogens is 262 g/mol. The number of hydrogen-bond donors (Lipinski definition) is 0. The maximum Gasteiger partial charge on any atom is 0.122 e. The number of nitrogens with zero attached hydrogens (tertiary/aromatic N) is 3. The quantitative estimate of drug-likeness (QED) is 0.784. The van der Waals surface area contributed by atoms with Crippen LogP contribution < -0.4 is 4.74 Å². The number of benzene rings is 1. The highest BCUT2D eigenvalue weighted by atomic mass is 16.5. The molecule has 0 saturated carbocycles. The van der Waals surface area contributed by atoms with Gasteiger partial charge < -0.3 is 9.64 Å². The van der Waals surface area contributed by atoms with Crippen molar-refractivity contribution < 1.29 is 4.74 Å². The molecule has 0 unspecified atom stereocenters. The molecule has 0 bridgehead atoms. The van der Waals surface area contributed by atoms with Gasteiger partial charge in [0.25, 0.3) is 0 Å². The highest BCUT2D eigenvalue weighted by Gasteiger charge is 2.03. The van der Waals surface area contributed by atoms with Crippen molar-refractivity contribution in [2.45, 2.75) is 27.3 Å². The SMILES string of the molecule is Cc1ccc(C)c(OCCN(C)CCn2nccc2C)c1. The van der Waals surface area contributed by atoms with Crippen LogP contribution in [0, 0.1) is 20.8 Å². The molecule has 0 N–H and O–H groups in total. The minimum Gasteiger partial charge on any atom is -0.492 e. The van der Waals surface area contributed by atoms with E-state index in [4.69, 9.17) is 4.74 Å². The molecule has 21 heavy (non-hydrogen) atoms. The third-order valence-corrected chi connectivity index (χ3v) is 3.70. The Morgan fingerprint density at radius 1 is 1.14 bits per heavy atom. The first kappa shape index (κ1) is 15.6. The summed E-state index contributed by atoms with van der Waals surface area (Å²) in [7, 11) is 2.12. The molecule has 114 valence electrons. The molecule has 0 spiro atoms. The zero-order chi connectivity index (χ0) is 15.2. The van der Waals surface area contributed by atoms with E-state index in [9.17, 15) is 0 Å². The van der Waals surface area contributed by atoms with E-state index in [0.29, 0.717) is 6.61 Å². The molecular formula is C17H25N3O. The lowest BCUT2D eigenvalue weighted by atomic mass is 10.1. The van der Waals surface area contributed by atoms with Crippen molar-refractivity contribution in [1.29, 1.82) is 0 Å². The summed E-state index contributed by atoms with van der Waals surface area (Å²) in [6, 6.07) is 8.35. The maximum atomic E-state index is 5.88. The second-order valence-electron chi connectivity index (χ2n) is 5.62. The molecule has 2 rings (SSSR count). The van der Waals surface area contributed by atoms with Gasteiger partial charge in [-0.1, -0.05) is 12.1 Å². The van der Waals surface area contributed by atoms with Crippen molar-refractivity contribution >= 4 is 0 Å². The predicted octanol–water partition coefficient (Wildman–Crippen LogP) is 2.82. The molecule has 0 atom stereocenters. The summed E-state index contributed by atoms with van der Waals surface area (Å²) in [4.78, 5) is 2.27. The Balaban J connectivity index is 1.73. The molecule has 0 aliphatic carbocycles. The van der Waals surface area contributed by atoms with Gasteiger partial charge >= 0.3 is 0 Å². The monoisotopic (exact) mass is 287 g/mol. The smallest absolute Gasteiger partial charge is 0.122 e. The van der Waals surface area contributed by atoms with Crippen LogP contribution in [0.4, 0.5) is 0 Å². The molecule has 4 nitrogen and oxygen atoms in total. The van der Waals surface area contributed by atoms with E-state index in [0.717, 1.165) is 25.4 Å². The van der Waals surface area contributed by atoms with Gasteiger partial charge in [-0.25, -0.2) is 0 Å². The van der Waals surface area contributed by atoms with Crippen LogP contribution in [-0.4, -0.2) is 41.4 Å². The van der Waals surface area contributed by atoms with E-state index in [-0.39, 0.29) is 0 Å². The van der Waals surface area contributed by atoms with Crippen LogP contribution in [0.1, 0.15) is 16.8 Å². The van der Waals surface area contributed by atoms with Gasteiger partial charge in [0.15, 0.2) is 0 Å². The van der Waals surface area contributed by atoms with Crippen molar-refractivity contribution in [3.8, 4) is 5.75 Å². The van der Waals surface area contributed by atoms with Crippen LogP contribution in [-0.2, 0) is 6.54 Å². The van der Waals surface area contributed by atoms with Crippen LogP contribution in [0.25, 0.3) is 0 Å². The highest BCUT2D eigenvalue weighted by Crippen LogP contribution is 2.18. The zero-order valence-corrected chi connectivity index (χ0v) is 13.5. The Bertz CT molecular complexity index is 577. The van der Waals surface area contributed by atoms with E-state index in [1.807, 2.05) is 16.9 Å². The first-order valence-electron chi connectivity index (χ1n) is 7.43. The van der Waals surface area contributed by atoms with Crippen LogP contribution in [0.15, 0.2) is 30.5 Å². The Kier molecular flexibility index (Phi) is 5.39. The topological polar surface area (TPSA) is 30.3 Å². The van der Waals surface area contributed by atoms with Gasteiger partial charge in [0.1, 0.15) is 12.4 Å². The standard InChI is InChI=1S/C17H25N3O/c1-14-5-6-15(2)17(13-14)21-12-11-19(4)9-10-20-16(3)7-8-18-20/h5-8,13H,9-12H2,1-4H3. The van der Waals surface area contributed by atoms with E-state index in [1.54, 1.807) is 0 Å². The Morgan fingerprint density at radius 3 is 2.67 bits per heavy atom. The number of likely N-dealkylation sites (N-methyl/N-ethyl adjacent to an activating group) is 1. The number of hydrogen-bond acceptors (Lipinski definition) is 3. The first-order chi connectivity index (χ1) is 10.1. The maximum absolute atomic E-state index is 5.88. The average Bonchev–Trinajstić information content (AvgIpc) is 2.86. The van der Waals surface area contributed by atoms with Crippen molar-refractivity contribution in [3.05, 3.63) is 47.3 Å². The summed E-state index contributed by atoms with van der Waals surface area (Å²) >= 11 is 0.